The minimum absolute atomic E-state index is 0.0712. The van der Waals surface area contributed by atoms with E-state index >= 15 is 0 Å². The summed E-state index contributed by atoms with van der Waals surface area (Å²) in [6.45, 7) is 0.866. The summed E-state index contributed by atoms with van der Waals surface area (Å²) in [5.74, 6) is -1.35. The average Bonchev–Trinajstić information content (AvgIpc) is 3.03. The van der Waals surface area contributed by atoms with Crippen LogP contribution in [0.25, 0.3) is 0 Å². The lowest BCUT2D eigenvalue weighted by Crippen LogP contribution is -2.53. The molecule has 0 spiro atoms. The third kappa shape index (κ3) is 8.60. The van der Waals surface area contributed by atoms with E-state index in [0.29, 0.717) is 21.0 Å². The number of nitrogens with zero attached hydrogens (tertiary/aromatic N) is 2. The van der Waals surface area contributed by atoms with Crippen molar-refractivity contribution < 1.29 is 31.2 Å². The van der Waals surface area contributed by atoms with Crippen molar-refractivity contribution in [3.63, 3.8) is 0 Å². The van der Waals surface area contributed by atoms with Gasteiger partial charge in [-0.05, 0) is 60.5 Å². The van der Waals surface area contributed by atoms with Crippen LogP contribution in [0.1, 0.15) is 23.6 Å². The molecule has 0 radical (unpaired) electrons. The zero-order chi connectivity index (χ0) is 33.5. The normalized spacial score (nSPS) is 12.3. The van der Waals surface area contributed by atoms with E-state index in [4.69, 9.17) is 23.2 Å². The number of sulfonamides is 1. The second-order valence-electron chi connectivity index (χ2n) is 10.2. The summed E-state index contributed by atoms with van der Waals surface area (Å²) in [5, 5.41) is 2.85. The van der Waals surface area contributed by atoms with Gasteiger partial charge in [-0.25, -0.2) is 8.42 Å². The Morgan fingerprint density at radius 1 is 0.848 bits per heavy atom. The van der Waals surface area contributed by atoms with E-state index in [1.807, 2.05) is 0 Å². The topological polar surface area (TPSA) is 86.8 Å². The van der Waals surface area contributed by atoms with Crippen molar-refractivity contribution in [3.05, 3.63) is 130 Å². The van der Waals surface area contributed by atoms with Crippen molar-refractivity contribution in [2.75, 3.05) is 17.4 Å². The van der Waals surface area contributed by atoms with Crippen molar-refractivity contribution in [3.8, 4) is 0 Å². The Kier molecular flexibility index (Phi) is 11.4. The summed E-state index contributed by atoms with van der Waals surface area (Å²) >= 11 is 12.4. The summed E-state index contributed by atoms with van der Waals surface area (Å²) in [6.07, 6.45) is -4.76. The highest BCUT2D eigenvalue weighted by molar-refractivity contribution is 7.92. The first kappa shape index (κ1) is 34.8. The molecule has 13 heteroatoms. The number of amides is 2. The van der Waals surface area contributed by atoms with Crippen molar-refractivity contribution >= 4 is 50.7 Å². The van der Waals surface area contributed by atoms with Crippen LogP contribution in [-0.2, 0) is 38.8 Å². The van der Waals surface area contributed by atoms with Gasteiger partial charge in [0.25, 0.3) is 10.0 Å². The number of carbonyl (C=O) groups is 2. The molecule has 0 aliphatic rings. The fraction of sp³-hybridized carbons (Fsp3) is 0.212. The van der Waals surface area contributed by atoms with E-state index in [0.717, 1.165) is 17.7 Å². The first-order chi connectivity index (χ1) is 21.8. The van der Waals surface area contributed by atoms with Crippen LogP contribution in [0.2, 0.25) is 10.0 Å². The van der Waals surface area contributed by atoms with Crippen molar-refractivity contribution in [1.29, 1.82) is 0 Å². The third-order valence-electron chi connectivity index (χ3n) is 7.04. The van der Waals surface area contributed by atoms with Gasteiger partial charge in [-0.15, -0.1) is 0 Å². The quantitative estimate of drug-likeness (QED) is 0.174. The summed E-state index contributed by atoms with van der Waals surface area (Å²) in [5.41, 5.74) is -0.398. The minimum atomic E-state index is -4.83. The van der Waals surface area contributed by atoms with E-state index in [-0.39, 0.29) is 29.4 Å². The Bertz CT molecular complexity index is 1760. The molecule has 46 heavy (non-hydrogen) atoms. The second kappa shape index (κ2) is 15.0. The molecule has 242 valence electrons. The summed E-state index contributed by atoms with van der Waals surface area (Å²) in [4.78, 5) is 28.8. The molecule has 0 aromatic heterocycles. The maximum absolute atomic E-state index is 14.4. The third-order valence-corrected chi connectivity index (χ3v) is 9.39. The van der Waals surface area contributed by atoms with Crippen molar-refractivity contribution in [1.82, 2.24) is 10.2 Å². The molecule has 0 heterocycles. The van der Waals surface area contributed by atoms with E-state index in [1.165, 1.54) is 29.2 Å². The number of rotatable bonds is 12. The van der Waals surface area contributed by atoms with Gasteiger partial charge in [0.05, 0.1) is 21.2 Å². The van der Waals surface area contributed by atoms with Crippen LogP contribution in [0.4, 0.5) is 18.9 Å². The summed E-state index contributed by atoms with van der Waals surface area (Å²) in [6, 6.07) is 23.5. The molecule has 0 aliphatic heterocycles. The largest absolute Gasteiger partial charge is 0.416 e. The van der Waals surface area contributed by atoms with Crippen LogP contribution < -0.4 is 9.62 Å². The Morgan fingerprint density at radius 2 is 1.46 bits per heavy atom. The number of likely N-dealkylation sites (N-methyl/N-ethyl adjacent to an activating group) is 1. The first-order valence-electron chi connectivity index (χ1n) is 14.1. The molecule has 0 unspecified atom stereocenters. The number of nitrogens with one attached hydrogen (secondary N) is 1. The summed E-state index contributed by atoms with van der Waals surface area (Å²) < 4.78 is 69.9. The average molecular weight is 693 g/mol. The van der Waals surface area contributed by atoms with Gasteiger partial charge in [0, 0.05) is 24.5 Å². The van der Waals surface area contributed by atoms with E-state index in [2.05, 4.69) is 5.32 Å². The van der Waals surface area contributed by atoms with Crippen molar-refractivity contribution in [2.45, 2.75) is 37.0 Å². The molecule has 7 nitrogen and oxygen atoms in total. The van der Waals surface area contributed by atoms with Gasteiger partial charge in [0.15, 0.2) is 0 Å². The monoisotopic (exact) mass is 691 g/mol. The van der Waals surface area contributed by atoms with Gasteiger partial charge in [-0.1, -0.05) is 83.9 Å². The molecule has 4 rings (SSSR count). The van der Waals surface area contributed by atoms with Crippen LogP contribution in [0.15, 0.2) is 108 Å². The fourth-order valence-electron chi connectivity index (χ4n) is 4.75. The maximum Gasteiger partial charge on any atom is 0.416 e. The van der Waals surface area contributed by atoms with Crippen LogP contribution in [0, 0.1) is 0 Å². The van der Waals surface area contributed by atoms with E-state index in [9.17, 15) is 31.2 Å². The van der Waals surface area contributed by atoms with Crippen LogP contribution in [0.5, 0.6) is 0 Å². The number of hydrogen-bond acceptors (Lipinski definition) is 4. The lowest BCUT2D eigenvalue weighted by atomic mass is 10.0. The highest BCUT2D eigenvalue weighted by Gasteiger charge is 2.37. The van der Waals surface area contributed by atoms with Crippen LogP contribution in [0.3, 0.4) is 0 Å². The number of halogens is 5. The second-order valence-corrected chi connectivity index (χ2v) is 12.9. The standard InChI is InChI=1S/C33H30Cl2F3N3O4S/c1-2-39-32(43)30(19-23-9-5-3-6-10-23)40(21-24-13-16-26(34)17-14-24)31(42)22-41(46(44,45)27-11-7-4-8-12-27)29-20-25(33(36,37)38)15-18-28(29)35/h3-18,20,30H,2,19,21-22H2,1H3,(H,39,43)/t30-/m0/s1. The highest BCUT2D eigenvalue weighted by atomic mass is 35.5. The van der Waals surface area contributed by atoms with E-state index < -0.39 is 51.9 Å². The highest BCUT2D eigenvalue weighted by Crippen LogP contribution is 2.37. The zero-order valence-electron chi connectivity index (χ0n) is 24.5. The number of alkyl halides is 3. The van der Waals surface area contributed by atoms with Gasteiger partial charge in [-0.2, -0.15) is 13.2 Å². The van der Waals surface area contributed by atoms with Gasteiger partial charge in [0.1, 0.15) is 12.6 Å². The number of hydrogen-bond donors (Lipinski definition) is 1. The molecule has 0 aliphatic carbocycles. The molecule has 4 aromatic rings. The first-order valence-corrected chi connectivity index (χ1v) is 16.3. The Hall–Kier alpha value is -4.06. The lowest BCUT2D eigenvalue weighted by molar-refractivity contribution is -0.140. The van der Waals surface area contributed by atoms with Gasteiger partial charge < -0.3 is 10.2 Å². The molecule has 0 saturated heterocycles. The lowest BCUT2D eigenvalue weighted by Gasteiger charge is -2.34. The van der Waals surface area contributed by atoms with E-state index in [1.54, 1.807) is 67.6 Å². The molecular weight excluding hydrogens is 662 g/mol. The Balaban J connectivity index is 1.86. The molecular formula is C33H30Cl2F3N3O4S. The molecule has 0 fully saturated rings. The number of anilines is 1. The minimum Gasteiger partial charge on any atom is -0.355 e. The maximum atomic E-state index is 14.4. The number of benzene rings is 4. The smallest absolute Gasteiger partial charge is 0.355 e. The van der Waals surface area contributed by atoms with Gasteiger partial charge >= 0.3 is 6.18 Å². The zero-order valence-corrected chi connectivity index (χ0v) is 26.9. The molecule has 4 aromatic carbocycles. The van der Waals surface area contributed by atoms with Crippen LogP contribution in [-0.4, -0.2) is 44.3 Å². The molecule has 2 amide bonds. The summed E-state index contributed by atoms with van der Waals surface area (Å²) in [7, 11) is -4.64. The molecule has 1 atom stereocenters. The Morgan fingerprint density at radius 3 is 2.04 bits per heavy atom. The molecule has 0 bridgehead atoms. The Labute approximate surface area is 275 Å². The fourth-order valence-corrected chi connectivity index (χ4v) is 6.59. The van der Waals surface area contributed by atoms with Crippen molar-refractivity contribution in [2.24, 2.45) is 0 Å². The molecule has 0 saturated carbocycles. The predicted octanol–water partition coefficient (Wildman–Crippen LogP) is 6.98. The van der Waals surface area contributed by atoms with Gasteiger partial charge in [0.2, 0.25) is 11.8 Å². The SMILES string of the molecule is CCNC(=O)[C@H](Cc1ccccc1)N(Cc1ccc(Cl)cc1)C(=O)CN(c1cc(C(F)(F)F)ccc1Cl)S(=O)(=O)c1ccccc1. The number of carbonyl (C=O) groups excluding carboxylic acids is 2. The van der Waals surface area contributed by atoms with Gasteiger partial charge in [-0.3, -0.25) is 13.9 Å². The molecule has 1 N–H and O–H groups in total. The predicted molar refractivity (Wildman–Crippen MR) is 172 cm³/mol. The van der Waals surface area contributed by atoms with Crippen LogP contribution >= 0.6 is 23.2 Å².